The maximum atomic E-state index is 12.5. The summed E-state index contributed by atoms with van der Waals surface area (Å²) in [5.74, 6) is -0.532. The Labute approximate surface area is 171 Å². The molecular weight excluding hydrogens is 390 g/mol. The molecule has 0 aliphatic heterocycles. The van der Waals surface area contributed by atoms with Crippen LogP contribution in [-0.2, 0) is 14.8 Å². The topological polar surface area (TPSA) is 104 Å². The Balaban J connectivity index is 2.10. The van der Waals surface area contributed by atoms with Gasteiger partial charge >= 0.3 is 0 Å². The molecule has 29 heavy (non-hydrogen) atoms. The van der Waals surface area contributed by atoms with Crippen molar-refractivity contribution >= 4 is 33.2 Å². The average Bonchev–Trinajstić information content (AvgIpc) is 2.66. The van der Waals surface area contributed by atoms with E-state index in [4.69, 9.17) is 0 Å². The second kappa shape index (κ2) is 9.02. The standard InChI is InChI=1S/C21H25N3O4S/c1-5-13-22-29(27,28)18-11-9-15(10-12-18)19(25)23-16-7-6-8-17(14-16)24-20(26)21(2,3)4/h5-12,14,22H,1,13H2,2-4H3,(H,23,25)(H,24,26). The minimum absolute atomic E-state index is 0.0581. The molecule has 0 aliphatic carbocycles. The summed E-state index contributed by atoms with van der Waals surface area (Å²) in [4.78, 5) is 24.6. The van der Waals surface area contributed by atoms with Crippen LogP contribution in [0.2, 0.25) is 0 Å². The summed E-state index contributed by atoms with van der Waals surface area (Å²) < 4.78 is 26.5. The van der Waals surface area contributed by atoms with Gasteiger partial charge in [0.1, 0.15) is 0 Å². The highest BCUT2D eigenvalue weighted by Crippen LogP contribution is 2.20. The van der Waals surface area contributed by atoms with Crippen LogP contribution in [-0.4, -0.2) is 26.8 Å². The van der Waals surface area contributed by atoms with Crippen molar-refractivity contribution in [3.63, 3.8) is 0 Å². The molecule has 0 unspecified atom stereocenters. The van der Waals surface area contributed by atoms with Crippen LogP contribution < -0.4 is 15.4 Å². The number of hydrogen-bond donors (Lipinski definition) is 3. The molecule has 0 fully saturated rings. The summed E-state index contributed by atoms with van der Waals surface area (Å²) in [5.41, 5.74) is 0.835. The molecular formula is C21H25N3O4S. The lowest BCUT2D eigenvalue weighted by Crippen LogP contribution is -2.27. The van der Waals surface area contributed by atoms with Crippen LogP contribution in [0.3, 0.4) is 0 Å². The third kappa shape index (κ3) is 6.27. The Bertz CT molecular complexity index is 1010. The van der Waals surface area contributed by atoms with Gasteiger partial charge in [-0.2, -0.15) is 0 Å². The first-order valence-corrected chi connectivity index (χ1v) is 10.4. The Morgan fingerprint density at radius 2 is 1.59 bits per heavy atom. The Morgan fingerprint density at radius 1 is 1.00 bits per heavy atom. The fourth-order valence-corrected chi connectivity index (χ4v) is 3.23. The van der Waals surface area contributed by atoms with Crippen molar-refractivity contribution in [1.82, 2.24) is 4.72 Å². The molecule has 2 aromatic carbocycles. The van der Waals surface area contributed by atoms with Crippen LogP contribution in [0.4, 0.5) is 11.4 Å². The molecule has 0 aromatic heterocycles. The van der Waals surface area contributed by atoms with Gasteiger partial charge in [0, 0.05) is 28.9 Å². The third-order valence-electron chi connectivity index (χ3n) is 3.90. The van der Waals surface area contributed by atoms with E-state index in [1.54, 1.807) is 24.3 Å². The molecule has 0 heterocycles. The van der Waals surface area contributed by atoms with E-state index in [0.29, 0.717) is 16.9 Å². The van der Waals surface area contributed by atoms with Gasteiger partial charge in [0.05, 0.1) is 4.90 Å². The first-order chi connectivity index (χ1) is 13.5. The van der Waals surface area contributed by atoms with Crippen LogP contribution in [0.5, 0.6) is 0 Å². The van der Waals surface area contributed by atoms with Gasteiger partial charge in [-0.05, 0) is 42.5 Å². The van der Waals surface area contributed by atoms with E-state index in [9.17, 15) is 18.0 Å². The molecule has 0 atom stereocenters. The number of carbonyl (C=O) groups is 2. The summed E-state index contributed by atoms with van der Waals surface area (Å²) in [6, 6.07) is 12.4. The van der Waals surface area contributed by atoms with Gasteiger partial charge in [-0.1, -0.05) is 32.9 Å². The second-order valence-electron chi connectivity index (χ2n) is 7.40. The van der Waals surface area contributed by atoms with E-state index in [2.05, 4.69) is 21.9 Å². The zero-order chi connectivity index (χ0) is 21.7. The number of sulfonamides is 1. The summed E-state index contributed by atoms with van der Waals surface area (Å²) in [5, 5.41) is 5.54. The summed E-state index contributed by atoms with van der Waals surface area (Å²) in [7, 11) is -3.65. The molecule has 0 saturated heterocycles. The fraction of sp³-hybridized carbons (Fsp3) is 0.238. The predicted octanol–water partition coefficient (Wildman–Crippen LogP) is 3.39. The van der Waals surface area contributed by atoms with Crippen LogP contribution in [0.15, 0.2) is 66.1 Å². The second-order valence-corrected chi connectivity index (χ2v) is 9.17. The van der Waals surface area contributed by atoms with Crippen molar-refractivity contribution in [2.45, 2.75) is 25.7 Å². The van der Waals surface area contributed by atoms with Gasteiger partial charge in [-0.25, -0.2) is 13.1 Å². The number of hydrogen-bond acceptors (Lipinski definition) is 4. The van der Waals surface area contributed by atoms with Crippen molar-refractivity contribution in [1.29, 1.82) is 0 Å². The number of benzene rings is 2. The van der Waals surface area contributed by atoms with E-state index in [0.717, 1.165) is 0 Å². The lowest BCUT2D eigenvalue weighted by Gasteiger charge is -2.18. The number of rotatable bonds is 7. The molecule has 7 nitrogen and oxygen atoms in total. The highest BCUT2D eigenvalue weighted by atomic mass is 32.2. The van der Waals surface area contributed by atoms with Crippen molar-refractivity contribution in [3.8, 4) is 0 Å². The minimum Gasteiger partial charge on any atom is -0.326 e. The van der Waals surface area contributed by atoms with Crippen molar-refractivity contribution < 1.29 is 18.0 Å². The van der Waals surface area contributed by atoms with Gasteiger partial charge in [-0.15, -0.1) is 6.58 Å². The van der Waals surface area contributed by atoms with Gasteiger partial charge in [0.2, 0.25) is 15.9 Å². The zero-order valence-electron chi connectivity index (χ0n) is 16.7. The third-order valence-corrected chi connectivity index (χ3v) is 5.34. The molecule has 154 valence electrons. The maximum absolute atomic E-state index is 12.5. The predicted molar refractivity (Wildman–Crippen MR) is 114 cm³/mol. The van der Waals surface area contributed by atoms with Gasteiger partial charge < -0.3 is 10.6 Å². The molecule has 0 spiro atoms. The van der Waals surface area contributed by atoms with E-state index in [1.165, 1.54) is 30.3 Å². The molecule has 8 heteroatoms. The van der Waals surface area contributed by atoms with Crippen molar-refractivity contribution in [3.05, 3.63) is 66.7 Å². The van der Waals surface area contributed by atoms with Crippen molar-refractivity contribution in [2.24, 2.45) is 5.41 Å². The minimum atomic E-state index is -3.65. The molecule has 0 saturated carbocycles. The largest absolute Gasteiger partial charge is 0.326 e. The number of carbonyl (C=O) groups excluding carboxylic acids is 2. The van der Waals surface area contributed by atoms with Crippen LogP contribution in [0.1, 0.15) is 31.1 Å². The Kier molecular flexibility index (Phi) is 6.94. The van der Waals surface area contributed by atoms with Gasteiger partial charge in [0.15, 0.2) is 0 Å². The van der Waals surface area contributed by atoms with Crippen molar-refractivity contribution in [2.75, 3.05) is 17.2 Å². The Hall–Kier alpha value is -2.97. The lowest BCUT2D eigenvalue weighted by atomic mass is 9.95. The SMILES string of the molecule is C=CCNS(=O)(=O)c1ccc(C(=O)Nc2cccc(NC(=O)C(C)(C)C)c2)cc1. The highest BCUT2D eigenvalue weighted by Gasteiger charge is 2.21. The summed E-state index contributed by atoms with van der Waals surface area (Å²) in [6.07, 6.45) is 1.44. The summed E-state index contributed by atoms with van der Waals surface area (Å²) >= 11 is 0. The first kappa shape index (κ1) is 22.3. The van der Waals surface area contributed by atoms with Crippen LogP contribution in [0.25, 0.3) is 0 Å². The molecule has 0 aliphatic rings. The van der Waals surface area contributed by atoms with Crippen LogP contribution in [0, 0.1) is 5.41 Å². The quantitative estimate of drug-likeness (QED) is 0.603. The smallest absolute Gasteiger partial charge is 0.255 e. The van der Waals surface area contributed by atoms with E-state index in [1.807, 2.05) is 20.8 Å². The number of anilines is 2. The average molecular weight is 416 g/mol. The molecule has 2 aromatic rings. The van der Waals surface area contributed by atoms with E-state index in [-0.39, 0.29) is 17.3 Å². The number of nitrogens with one attached hydrogen (secondary N) is 3. The van der Waals surface area contributed by atoms with E-state index >= 15 is 0 Å². The fourth-order valence-electron chi connectivity index (χ4n) is 2.23. The monoisotopic (exact) mass is 415 g/mol. The molecule has 2 amide bonds. The van der Waals surface area contributed by atoms with Gasteiger partial charge in [0.25, 0.3) is 5.91 Å². The zero-order valence-corrected chi connectivity index (χ0v) is 17.5. The van der Waals surface area contributed by atoms with E-state index < -0.39 is 21.3 Å². The molecule has 3 N–H and O–H groups in total. The van der Waals surface area contributed by atoms with Crippen LogP contribution >= 0.6 is 0 Å². The summed E-state index contributed by atoms with van der Waals surface area (Å²) in [6.45, 7) is 9.01. The number of amides is 2. The van der Waals surface area contributed by atoms with Gasteiger partial charge in [-0.3, -0.25) is 9.59 Å². The lowest BCUT2D eigenvalue weighted by molar-refractivity contribution is -0.123. The maximum Gasteiger partial charge on any atom is 0.255 e. The Morgan fingerprint density at radius 3 is 2.14 bits per heavy atom. The molecule has 0 bridgehead atoms. The molecule has 2 rings (SSSR count). The molecule has 0 radical (unpaired) electrons. The normalized spacial score (nSPS) is 11.6. The first-order valence-electron chi connectivity index (χ1n) is 8.96. The highest BCUT2D eigenvalue weighted by molar-refractivity contribution is 7.89.